The Morgan fingerprint density at radius 2 is 1.43 bits per heavy atom. The number of non-ortho nitro benzene ring substituents is 1. The monoisotopic (exact) mass is 745 g/mol. The van der Waals surface area contributed by atoms with Crippen molar-refractivity contribution in [2.75, 3.05) is 20.8 Å². The van der Waals surface area contributed by atoms with Gasteiger partial charge in [-0.3, -0.25) is 33.9 Å². The summed E-state index contributed by atoms with van der Waals surface area (Å²) in [5, 5.41) is 11.1. The number of aryl methyl sites for hydroxylation is 1. The highest BCUT2D eigenvalue weighted by Gasteiger charge is 2.45. The second-order valence-electron chi connectivity index (χ2n) is 12.1. The van der Waals surface area contributed by atoms with E-state index in [-0.39, 0.29) is 30.0 Å². The molecule has 4 atom stereocenters. The molecule has 1 aliphatic heterocycles. The van der Waals surface area contributed by atoms with Crippen LogP contribution in [0.15, 0.2) is 119 Å². The van der Waals surface area contributed by atoms with Crippen LogP contribution < -0.4 is 25.2 Å². The van der Waals surface area contributed by atoms with E-state index in [4.69, 9.17) is 28.0 Å². The molecule has 0 aliphatic carbocycles. The van der Waals surface area contributed by atoms with Crippen LogP contribution in [0.3, 0.4) is 0 Å². The number of nitro benzene ring substituents is 1. The summed E-state index contributed by atoms with van der Waals surface area (Å²) >= 11 is 0. The van der Waals surface area contributed by atoms with E-state index in [2.05, 4.69) is 4.98 Å². The van der Waals surface area contributed by atoms with E-state index >= 15 is 0 Å². The summed E-state index contributed by atoms with van der Waals surface area (Å²) in [6.07, 6.45) is -2.13. The smallest absolute Gasteiger partial charge is 0.497 e. The number of phosphoric acid groups is 1. The van der Waals surface area contributed by atoms with Crippen molar-refractivity contribution in [3.63, 3.8) is 0 Å². The molecule has 0 saturated carbocycles. The van der Waals surface area contributed by atoms with Gasteiger partial charge >= 0.3 is 13.5 Å². The van der Waals surface area contributed by atoms with Crippen LogP contribution in [-0.4, -0.2) is 52.4 Å². The first-order valence-electron chi connectivity index (χ1n) is 16.3. The number of H-pyrrole nitrogens is 1. The Morgan fingerprint density at radius 1 is 0.887 bits per heavy atom. The van der Waals surface area contributed by atoms with Gasteiger partial charge in [-0.05, 0) is 60.0 Å². The van der Waals surface area contributed by atoms with Crippen molar-refractivity contribution in [1.82, 2.24) is 9.55 Å². The molecule has 0 spiro atoms. The summed E-state index contributed by atoms with van der Waals surface area (Å²) in [4.78, 5) is 48.7. The number of aromatic amines is 1. The number of benzene rings is 4. The Hall–Kier alpha value is -5.57. The molecule has 2 heterocycles. The number of aromatic nitrogens is 2. The molecule has 0 radical (unpaired) electrons. The van der Waals surface area contributed by atoms with Gasteiger partial charge in [-0.1, -0.05) is 54.6 Å². The third-order valence-electron chi connectivity index (χ3n) is 8.81. The quantitative estimate of drug-likeness (QED) is 0.0618. The molecule has 1 aromatic heterocycles. The minimum atomic E-state index is -4.92. The number of hydrogen-bond donors (Lipinski definition) is 2. The number of rotatable bonds is 14. The van der Waals surface area contributed by atoms with E-state index in [0.29, 0.717) is 22.6 Å². The maximum atomic E-state index is 13.4. The number of methoxy groups -OCH3 is 2. The zero-order valence-electron chi connectivity index (χ0n) is 28.8. The van der Waals surface area contributed by atoms with Gasteiger partial charge in [-0.2, -0.15) is 0 Å². The van der Waals surface area contributed by atoms with Crippen molar-refractivity contribution in [3.8, 4) is 17.2 Å². The molecule has 15 nitrogen and oxygen atoms in total. The van der Waals surface area contributed by atoms with E-state index in [1.807, 2.05) is 54.6 Å². The summed E-state index contributed by atoms with van der Waals surface area (Å²) in [6, 6.07) is 28.7. The molecule has 1 fully saturated rings. The second kappa shape index (κ2) is 15.6. The lowest BCUT2D eigenvalue weighted by Crippen LogP contribution is -2.38. The summed E-state index contributed by atoms with van der Waals surface area (Å²) < 4.78 is 49.8. The van der Waals surface area contributed by atoms with Crippen LogP contribution in [0, 0.1) is 17.0 Å². The minimum absolute atomic E-state index is 0.128. The van der Waals surface area contributed by atoms with Crippen molar-refractivity contribution in [3.05, 3.63) is 163 Å². The summed E-state index contributed by atoms with van der Waals surface area (Å²) in [5.41, 5.74) is -0.462. The first-order chi connectivity index (χ1) is 25.4. The Kier molecular flexibility index (Phi) is 10.9. The van der Waals surface area contributed by atoms with Crippen LogP contribution >= 0.6 is 7.82 Å². The van der Waals surface area contributed by atoms with Crippen molar-refractivity contribution in [2.45, 2.75) is 37.4 Å². The third-order valence-corrected chi connectivity index (χ3v) is 9.79. The van der Waals surface area contributed by atoms with Gasteiger partial charge in [0.05, 0.1) is 25.7 Å². The number of nitrogens with zero attached hydrogens (tertiary/aromatic N) is 2. The van der Waals surface area contributed by atoms with Gasteiger partial charge in [0, 0.05) is 30.3 Å². The number of phosphoric ester groups is 1. The van der Waals surface area contributed by atoms with Gasteiger partial charge in [-0.15, -0.1) is 0 Å². The van der Waals surface area contributed by atoms with Crippen molar-refractivity contribution in [2.24, 2.45) is 0 Å². The Balaban J connectivity index is 1.39. The molecule has 276 valence electrons. The normalized spacial score (nSPS) is 18.2. The van der Waals surface area contributed by atoms with Gasteiger partial charge in [0.25, 0.3) is 11.2 Å². The van der Waals surface area contributed by atoms with Crippen molar-refractivity contribution < 1.29 is 42.4 Å². The topological polar surface area (TPSA) is 191 Å². The van der Waals surface area contributed by atoms with Crippen LogP contribution in [0.5, 0.6) is 17.2 Å². The Bertz CT molecular complexity index is 2160. The largest absolute Gasteiger partial charge is 0.527 e. The lowest BCUT2D eigenvalue weighted by atomic mass is 9.80. The zero-order valence-corrected chi connectivity index (χ0v) is 29.7. The SMILES string of the molecule is COc1ccc(C(OC[C@H]2O[C@@H](n3cc(C)c(=O)[nH]c3=O)C[C@@H]2OP(=O)(O)Oc2ccc([N+](=O)[O-])cc2)(c2ccccc2)c2ccc(OC)cc2)cc1. The maximum absolute atomic E-state index is 13.4. The summed E-state index contributed by atoms with van der Waals surface area (Å²) in [7, 11) is -1.80. The summed E-state index contributed by atoms with van der Waals surface area (Å²) in [5.74, 6) is 1.09. The predicted octanol–water partition coefficient (Wildman–Crippen LogP) is 5.63. The lowest BCUT2D eigenvalue weighted by molar-refractivity contribution is -0.384. The standard InChI is InChI=1S/C37H36N3O12P/c1-24-22-39(36(42)38-35(24)41)34-21-32(52-53(45,46)51-31-19-13-28(14-20-31)40(43)44)33(50-34)23-49-37(25-7-5-4-6-8-25,26-9-15-29(47-2)16-10-26)27-11-17-30(48-3)18-12-27/h4-20,22,32-34H,21,23H2,1-3H3,(H,45,46)(H,38,41,42)/t32-,33+,34+/m0/s1. The fraction of sp³-hybridized carbons (Fsp3) is 0.243. The van der Waals surface area contributed by atoms with Crippen LogP contribution in [0.25, 0.3) is 0 Å². The molecule has 1 aliphatic rings. The van der Waals surface area contributed by atoms with E-state index in [0.717, 1.165) is 17.7 Å². The molecule has 53 heavy (non-hydrogen) atoms. The average molecular weight is 746 g/mol. The molecule has 16 heteroatoms. The molecule has 4 aromatic carbocycles. The molecule has 5 aromatic rings. The third kappa shape index (κ3) is 8.09. The first kappa shape index (κ1) is 37.2. The molecular weight excluding hydrogens is 709 g/mol. The van der Waals surface area contributed by atoms with E-state index < -0.39 is 48.0 Å². The highest BCUT2D eigenvalue weighted by molar-refractivity contribution is 7.47. The fourth-order valence-corrected chi connectivity index (χ4v) is 7.16. The molecule has 2 N–H and O–H groups in total. The second-order valence-corrected chi connectivity index (χ2v) is 13.4. The molecule has 0 amide bonds. The van der Waals surface area contributed by atoms with E-state index in [1.54, 1.807) is 38.5 Å². The molecular formula is C37H36N3O12P. The highest BCUT2D eigenvalue weighted by Crippen LogP contribution is 2.49. The zero-order chi connectivity index (χ0) is 37.8. The Labute approximate surface area is 303 Å². The van der Waals surface area contributed by atoms with Gasteiger partial charge in [0.1, 0.15) is 41.3 Å². The van der Waals surface area contributed by atoms with E-state index in [9.17, 15) is 29.2 Å². The lowest BCUT2D eigenvalue weighted by Gasteiger charge is -2.37. The van der Waals surface area contributed by atoms with Crippen LogP contribution in [0.4, 0.5) is 5.69 Å². The van der Waals surface area contributed by atoms with E-state index in [1.165, 1.54) is 29.8 Å². The van der Waals surface area contributed by atoms with Gasteiger partial charge < -0.3 is 23.5 Å². The molecule has 1 unspecified atom stereocenters. The molecule has 6 rings (SSSR count). The van der Waals surface area contributed by atoms with Crippen molar-refractivity contribution in [1.29, 1.82) is 0 Å². The van der Waals surface area contributed by atoms with Gasteiger partial charge in [-0.25, -0.2) is 9.36 Å². The maximum Gasteiger partial charge on any atom is 0.527 e. The predicted molar refractivity (Wildman–Crippen MR) is 191 cm³/mol. The van der Waals surface area contributed by atoms with Crippen LogP contribution in [0.1, 0.15) is 34.9 Å². The number of ether oxygens (including phenoxy) is 4. The molecule has 1 saturated heterocycles. The first-order valence-corrected chi connectivity index (χ1v) is 17.8. The Morgan fingerprint density at radius 3 is 1.98 bits per heavy atom. The molecule has 0 bridgehead atoms. The highest BCUT2D eigenvalue weighted by atomic mass is 31.2. The van der Waals surface area contributed by atoms with Crippen LogP contribution in [-0.2, 0) is 24.2 Å². The fourth-order valence-electron chi connectivity index (χ4n) is 6.17. The van der Waals surface area contributed by atoms with Crippen LogP contribution in [0.2, 0.25) is 0 Å². The van der Waals surface area contributed by atoms with Gasteiger partial charge in [0.2, 0.25) is 0 Å². The number of nitrogens with one attached hydrogen (secondary N) is 1. The van der Waals surface area contributed by atoms with Gasteiger partial charge in [0.15, 0.2) is 0 Å². The minimum Gasteiger partial charge on any atom is -0.497 e. The van der Waals surface area contributed by atoms with Crippen molar-refractivity contribution >= 4 is 13.5 Å². The number of hydrogen-bond acceptors (Lipinski definition) is 11. The average Bonchev–Trinajstić information content (AvgIpc) is 3.55. The number of nitro groups is 1. The summed E-state index contributed by atoms with van der Waals surface area (Å²) in [6.45, 7) is 1.28.